The molecule has 0 aromatic heterocycles. The summed E-state index contributed by atoms with van der Waals surface area (Å²) in [6.07, 6.45) is 0. The van der Waals surface area contributed by atoms with Crippen molar-refractivity contribution < 1.29 is 4.74 Å². The second-order valence-corrected chi connectivity index (χ2v) is 5.32. The number of rotatable bonds is 5. The zero-order chi connectivity index (χ0) is 14.5. The highest BCUT2D eigenvalue weighted by Gasteiger charge is 2.10. The van der Waals surface area contributed by atoms with E-state index in [1.807, 2.05) is 36.4 Å². The predicted octanol–water partition coefficient (Wildman–Crippen LogP) is 5.46. The Balaban J connectivity index is 2.20. The fraction of sp³-hybridized carbons (Fsp3) is 0.250. The van der Waals surface area contributed by atoms with Gasteiger partial charge >= 0.3 is 0 Å². The Morgan fingerprint density at radius 2 is 1.75 bits per heavy atom. The summed E-state index contributed by atoms with van der Waals surface area (Å²) in [7, 11) is 0. The largest absolute Gasteiger partial charge is 0.454 e. The molecule has 0 aliphatic rings. The van der Waals surface area contributed by atoms with E-state index >= 15 is 0 Å². The quantitative estimate of drug-likeness (QED) is 0.792. The number of nitrogens with one attached hydrogen (secondary N) is 1. The molecule has 1 unspecified atom stereocenters. The van der Waals surface area contributed by atoms with E-state index < -0.39 is 0 Å². The van der Waals surface area contributed by atoms with Crippen molar-refractivity contribution in [2.75, 3.05) is 6.54 Å². The molecule has 2 aromatic rings. The third kappa shape index (κ3) is 3.66. The van der Waals surface area contributed by atoms with Crippen LogP contribution >= 0.6 is 23.2 Å². The van der Waals surface area contributed by atoms with Gasteiger partial charge in [-0.2, -0.15) is 0 Å². The molecule has 0 saturated carbocycles. The van der Waals surface area contributed by atoms with E-state index in [9.17, 15) is 0 Å². The molecule has 1 atom stereocenters. The number of ether oxygens (including phenoxy) is 1. The first kappa shape index (κ1) is 15.2. The Morgan fingerprint density at radius 3 is 2.40 bits per heavy atom. The standard InChI is InChI=1S/C16H17Cl2NO/c1-3-19-11(2)12-8-9-16(14(18)10-12)20-15-7-5-4-6-13(15)17/h4-11,19H,3H2,1-2H3. The van der Waals surface area contributed by atoms with Gasteiger partial charge in [0.1, 0.15) is 11.5 Å². The van der Waals surface area contributed by atoms with E-state index in [2.05, 4.69) is 19.2 Å². The summed E-state index contributed by atoms with van der Waals surface area (Å²) < 4.78 is 5.75. The van der Waals surface area contributed by atoms with Gasteiger partial charge in [0.2, 0.25) is 0 Å². The fourth-order valence-corrected chi connectivity index (χ4v) is 2.34. The monoisotopic (exact) mass is 309 g/mol. The summed E-state index contributed by atoms with van der Waals surface area (Å²) in [4.78, 5) is 0. The molecule has 1 N–H and O–H groups in total. The second kappa shape index (κ2) is 6.98. The van der Waals surface area contributed by atoms with Crippen molar-refractivity contribution in [2.24, 2.45) is 0 Å². The fourth-order valence-electron chi connectivity index (χ4n) is 1.94. The summed E-state index contributed by atoms with van der Waals surface area (Å²) in [5.74, 6) is 1.20. The zero-order valence-electron chi connectivity index (χ0n) is 11.5. The molecule has 106 valence electrons. The highest BCUT2D eigenvalue weighted by Crippen LogP contribution is 2.34. The highest BCUT2D eigenvalue weighted by molar-refractivity contribution is 6.32. The van der Waals surface area contributed by atoms with Gasteiger partial charge in [-0.05, 0) is 43.3 Å². The normalized spacial score (nSPS) is 12.2. The topological polar surface area (TPSA) is 21.3 Å². The third-order valence-corrected chi connectivity index (χ3v) is 3.63. The van der Waals surface area contributed by atoms with Crippen LogP contribution in [0, 0.1) is 0 Å². The number of benzene rings is 2. The van der Waals surface area contributed by atoms with Crippen LogP contribution in [0.15, 0.2) is 42.5 Å². The number of halogens is 2. The summed E-state index contributed by atoms with van der Waals surface area (Å²) in [6, 6.07) is 13.4. The Bertz CT molecular complexity index is 586. The van der Waals surface area contributed by atoms with Gasteiger partial charge in [0.05, 0.1) is 10.0 Å². The van der Waals surface area contributed by atoms with E-state index in [0.29, 0.717) is 21.5 Å². The predicted molar refractivity (Wildman–Crippen MR) is 85.1 cm³/mol. The smallest absolute Gasteiger partial charge is 0.146 e. The molecule has 0 spiro atoms. The van der Waals surface area contributed by atoms with Gasteiger partial charge in [-0.25, -0.2) is 0 Å². The lowest BCUT2D eigenvalue weighted by molar-refractivity contribution is 0.482. The Morgan fingerprint density at radius 1 is 1.05 bits per heavy atom. The van der Waals surface area contributed by atoms with Crippen LogP contribution in [0.25, 0.3) is 0 Å². The van der Waals surface area contributed by atoms with Gasteiger partial charge in [0.15, 0.2) is 0 Å². The summed E-state index contributed by atoms with van der Waals surface area (Å²) in [6.45, 7) is 5.09. The zero-order valence-corrected chi connectivity index (χ0v) is 13.0. The van der Waals surface area contributed by atoms with Crippen molar-refractivity contribution in [1.29, 1.82) is 0 Å². The van der Waals surface area contributed by atoms with E-state index in [-0.39, 0.29) is 6.04 Å². The molecule has 20 heavy (non-hydrogen) atoms. The number of hydrogen-bond acceptors (Lipinski definition) is 2. The molecular formula is C16H17Cl2NO. The maximum atomic E-state index is 6.28. The lowest BCUT2D eigenvalue weighted by atomic mass is 10.1. The minimum atomic E-state index is 0.256. The van der Waals surface area contributed by atoms with E-state index in [4.69, 9.17) is 27.9 Å². The minimum absolute atomic E-state index is 0.256. The minimum Gasteiger partial charge on any atom is -0.454 e. The first-order valence-corrected chi connectivity index (χ1v) is 7.32. The molecule has 0 bridgehead atoms. The Hall–Kier alpha value is -1.22. The molecule has 0 aliphatic carbocycles. The SMILES string of the molecule is CCNC(C)c1ccc(Oc2ccccc2Cl)c(Cl)c1. The van der Waals surface area contributed by atoms with Crippen LogP contribution in [-0.2, 0) is 0 Å². The van der Waals surface area contributed by atoms with Gasteiger partial charge in [-0.1, -0.05) is 48.3 Å². The molecule has 0 amide bonds. The van der Waals surface area contributed by atoms with Crippen molar-refractivity contribution in [3.05, 3.63) is 58.1 Å². The molecule has 2 aromatic carbocycles. The van der Waals surface area contributed by atoms with Crippen LogP contribution in [0.2, 0.25) is 10.0 Å². The highest BCUT2D eigenvalue weighted by atomic mass is 35.5. The van der Waals surface area contributed by atoms with Crippen LogP contribution in [0.4, 0.5) is 0 Å². The average Bonchev–Trinajstić information content (AvgIpc) is 2.43. The molecule has 0 radical (unpaired) electrons. The second-order valence-electron chi connectivity index (χ2n) is 4.50. The Labute approximate surface area is 129 Å². The van der Waals surface area contributed by atoms with Crippen LogP contribution < -0.4 is 10.1 Å². The molecule has 0 aliphatic heterocycles. The number of hydrogen-bond donors (Lipinski definition) is 1. The first-order valence-electron chi connectivity index (χ1n) is 6.57. The van der Waals surface area contributed by atoms with E-state index in [1.54, 1.807) is 6.07 Å². The van der Waals surface area contributed by atoms with Gasteiger partial charge in [-0.15, -0.1) is 0 Å². The van der Waals surface area contributed by atoms with Crippen LogP contribution in [0.3, 0.4) is 0 Å². The molecule has 2 nitrogen and oxygen atoms in total. The van der Waals surface area contributed by atoms with Crippen LogP contribution in [0.1, 0.15) is 25.5 Å². The lowest BCUT2D eigenvalue weighted by Crippen LogP contribution is -2.17. The van der Waals surface area contributed by atoms with Crippen molar-refractivity contribution in [2.45, 2.75) is 19.9 Å². The maximum Gasteiger partial charge on any atom is 0.146 e. The molecular weight excluding hydrogens is 293 g/mol. The van der Waals surface area contributed by atoms with Gasteiger partial charge in [0, 0.05) is 6.04 Å². The lowest BCUT2D eigenvalue weighted by Gasteiger charge is -2.15. The van der Waals surface area contributed by atoms with Crippen LogP contribution in [0.5, 0.6) is 11.5 Å². The van der Waals surface area contributed by atoms with Gasteiger partial charge in [0.25, 0.3) is 0 Å². The van der Waals surface area contributed by atoms with E-state index in [0.717, 1.165) is 12.1 Å². The average molecular weight is 310 g/mol. The summed E-state index contributed by atoms with van der Waals surface area (Å²) >= 11 is 12.4. The number of para-hydroxylation sites is 1. The third-order valence-electron chi connectivity index (χ3n) is 3.02. The summed E-state index contributed by atoms with van der Waals surface area (Å²) in [5, 5.41) is 4.49. The van der Waals surface area contributed by atoms with Gasteiger partial charge < -0.3 is 10.1 Å². The molecule has 0 saturated heterocycles. The van der Waals surface area contributed by atoms with Crippen LogP contribution in [-0.4, -0.2) is 6.54 Å². The molecule has 0 fully saturated rings. The van der Waals surface area contributed by atoms with Crippen molar-refractivity contribution in [1.82, 2.24) is 5.32 Å². The molecule has 4 heteroatoms. The van der Waals surface area contributed by atoms with Gasteiger partial charge in [-0.3, -0.25) is 0 Å². The molecule has 2 rings (SSSR count). The van der Waals surface area contributed by atoms with Crippen molar-refractivity contribution in [3.8, 4) is 11.5 Å². The Kier molecular flexibility index (Phi) is 5.30. The first-order chi connectivity index (χ1) is 9.61. The maximum absolute atomic E-state index is 6.28. The summed E-state index contributed by atoms with van der Waals surface area (Å²) in [5.41, 5.74) is 1.13. The van der Waals surface area contributed by atoms with Crippen molar-refractivity contribution in [3.63, 3.8) is 0 Å². The molecule has 0 heterocycles. The van der Waals surface area contributed by atoms with E-state index in [1.165, 1.54) is 0 Å². The van der Waals surface area contributed by atoms with Crippen molar-refractivity contribution >= 4 is 23.2 Å².